The fraction of sp³-hybridized carbons (Fsp3) is 1.00. The van der Waals surface area contributed by atoms with E-state index in [1.807, 2.05) is 0 Å². The first kappa shape index (κ1) is 8.70. The Bertz CT molecular complexity index is 54.5. The molecule has 50 valence electrons. The van der Waals surface area contributed by atoms with E-state index in [0.29, 0.717) is 10.5 Å². The first-order chi connectivity index (χ1) is 3.81. The Morgan fingerprint density at radius 1 is 1.75 bits per heavy atom. The SMILES string of the molecule is O[SiH](CCCS)O[SiH3]. The van der Waals surface area contributed by atoms with E-state index in [-0.39, 0.29) is 0 Å². The molecule has 8 heavy (non-hydrogen) atoms. The zero-order chi connectivity index (χ0) is 6.41. The molecular weight excluding hydrogens is 156 g/mol. The second kappa shape index (κ2) is 5.83. The van der Waals surface area contributed by atoms with Gasteiger partial charge in [-0.3, -0.25) is 0 Å². The molecule has 1 N–H and O–H groups in total. The van der Waals surface area contributed by atoms with Gasteiger partial charge in [-0.25, -0.2) is 0 Å². The van der Waals surface area contributed by atoms with Crippen molar-refractivity contribution in [1.82, 2.24) is 0 Å². The molecular formula is C3H12O2SSi2. The molecule has 5 heteroatoms. The van der Waals surface area contributed by atoms with Gasteiger partial charge >= 0.3 is 9.28 Å². The highest BCUT2D eigenvalue weighted by Gasteiger charge is 2.01. The molecule has 0 bridgehead atoms. The van der Waals surface area contributed by atoms with Gasteiger partial charge in [0.15, 0.2) is 0 Å². The molecule has 0 heterocycles. The summed E-state index contributed by atoms with van der Waals surface area (Å²) >= 11 is 4.00. The summed E-state index contributed by atoms with van der Waals surface area (Å²) in [4.78, 5) is 8.91. The lowest BCUT2D eigenvalue weighted by Gasteiger charge is -2.02. The van der Waals surface area contributed by atoms with E-state index in [1.54, 1.807) is 0 Å². The molecule has 1 atom stereocenters. The zero-order valence-electron chi connectivity index (χ0n) is 5.00. The van der Waals surface area contributed by atoms with Crippen molar-refractivity contribution in [2.45, 2.75) is 12.5 Å². The van der Waals surface area contributed by atoms with Gasteiger partial charge in [0, 0.05) is 0 Å². The fourth-order valence-electron chi connectivity index (χ4n) is 0.384. The third-order valence-corrected chi connectivity index (χ3v) is 4.28. The van der Waals surface area contributed by atoms with Crippen molar-refractivity contribution in [3.63, 3.8) is 0 Å². The lowest BCUT2D eigenvalue weighted by molar-refractivity contribution is 0.434. The summed E-state index contributed by atoms with van der Waals surface area (Å²) in [5.74, 6) is 0.856. The van der Waals surface area contributed by atoms with Gasteiger partial charge < -0.3 is 8.91 Å². The van der Waals surface area contributed by atoms with Crippen LogP contribution in [-0.4, -0.2) is 30.3 Å². The van der Waals surface area contributed by atoms with Crippen LogP contribution in [0.3, 0.4) is 0 Å². The van der Waals surface area contributed by atoms with Crippen molar-refractivity contribution >= 4 is 32.4 Å². The van der Waals surface area contributed by atoms with Crippen molar-refractivity contribution in [1.29, 1.82) is 0 Å². The Morgan fingerprint density at radius 2 is 2.38 bits per heavy atom. The van der Waals surface area contributed by atoms with Gasteiger partial charge in [-0.1, -0.05) is 0 Å². The molecule has 0 aliphatic rings. The van der Waals surface area contributed by atoms with E-state index in [0.717, 1.165) is 18.2 Å². The molecule has 0 aliphatic heterocycles. The van der Waals surface area contributed by atoms with E-state index in [9.17, 15) is 0 Å². The summed E-state index contributed by atoms with van der Waals surface area (Å²) in [5.41, 5.74) is 0. The second-order valence-corrected chi connectivity index (χ2v) is 5.38. The number of hydrogen-bond donors (Lipinski definition) is 2. The average Bonchev–Trinajstić information content (AvgIpc) is 1.83. The Labute approximate surface area is 60.1 Å². The average molecular weight is 168 g/mol. The lowest BCUT2D eigenvalue weighted by atomic mass is 10.6. The molecule has 1 unspecified atom stereocenters. The van der Waals surface area contributed by atoms with Gasteiger partial charge in [0.2, 0.25) is 0 Å². The summed E-state index contributed by atoms with van der Waals surface area (Å²) in [6.07, 6.45) is 0.985. The molecule has 0 aromatic carbocycles. The maximum Gasteiger partial charge on any atom is 0.307 e. The van der Waals surface area contributed by atoms with Crippen LogP contribution in [0.15, 0.2) is 0 Å². The van der Waals surface area contributed by atoms with Gasteiger partial charge in [-0.05, 0) is 18.2 Å². The third-order valence-electron chi connectivity index (χ3n) is 0.881. The summed E-state index contributed by atoms with van der Waals surface area (Å²) in [6, 6.07) is 0.854. The van der Waals surface area contributed by atoms with Gasteiger partial charge in [-0.2, -0.15) is 12.6 Å². The van der Waals surface area contributed by atoms with Crippen LogP contribution < -0.4 is 0 Å². The quantitative estimate of drug-likeness (QED) is 0.409. The topological polar surface area (TPSA) is 29.5 Å². The van der Waals surface area contributed by atoms with E-state index < -0.39 is 9.28 Å². The fourth-order valence-corrected chi connectivity index (χ4v) is 2.41. The number of thiol groups is 1. The molecule has 0 aromatic rings. The maximum absolute atomic E-state index is 8.91. The molecule has 0 amide bonds. The van der Waals surface area contributed by atoms with Gasteiger partial charge in [0.1, 0.15) is 10.5 Å². The maximum atomic E-state index is 8.91. The highest BCUT2D eigenvalue weighted by Crippen LogP contribution is 1.95. The van der Waals surface area contributed by atoms with E-state index in [2.05, 4.69) is 12.6 Å². The molecule has 0 rings (SSSR count). The molecule has 0 aliphatic carbocycles. The number of rotatable bonds is 4. The van der Waals surface area contributed by atoms with Crippen LogP contribution in [0, 0.1) is 0 Å². The van der Waals surface area contributed by atoms with E-state index in [4.69, 9.17) is 8.91 Å². The highest BCUT2D eigenvalue weighted by atomic mass is 32.1. The summed E-state index contributed by atoms with van der Waals surface area (Å²) in [5, 5.41) is 0. The first-order valence-electron chi connectivity index (χ1n) is 2.63. The smallest absolute Gasteiger partial charge is 0.307 e. The molecule has 0 saturated carbocycles. The minimum absolute atomic E-state index is 0.676. The molecule has 0 fully saturated rings. The standard InChI is InChI=1S/C3H12O2SSi2/c4-8(5-7)3-1-2-6/h4,6,8H,1-3H2,7H3. The van der Waals surface area contributed by atoms with Crippen LogP contribution >= 0.6 is 12.6 Å². The molecule has 2 nitrogen and oxygen atoms in total. The van der Waals surface area contributed by atoms with E-state index >= 15 is 0 Å². The summed E-state index contributed by atoms with van der Waals surface area (Å²) in [6.45, 7) is 0. The van der Waals surface area contributed by atoms with Gasteiger partial charge in [0.25, 0.3) is 0 Å². The van der Waals surface area contributed by atoms with Crippen molar-refractivity contribution in [2.75, 3.05) is 5.75 Å². The predicted molar refractivity (Wildman–Crippen MR) is 43.7 cm³/mol. The van der Waals surface area contributed by atoms with Crippen molar-refractivity contribution in [3.05, 3.63) is 0 Å². The Morgan fingerprint density at radius 3 is 2.75 bits per heavy atom. The largest absolute Gasteiger partial charge is 0.447 e. The summed E-state index contributed by atoms with van der Waals surface area (Å²) < 4.78 is 4.85. The van der Waals surface area contributed by atoms with Crippen LogP contribution in [0.1, 0.15) is 6.42 Å². The molecule has 0 spiro atoms. The van der Waals surface area contributed by atoms with Crippen LogP contribution in [0.25, 0.3) is 0 Å². The zero-order valence-corrected chi connectivity index (χ0v) is 9.05. The van der Waals surface area contributed by atoms with Gasteiger partial charge in [-0.15, -0.1) is 0 Å². The van der Waals surface area contributed by atoms with Crippen LogP contribution in [-0.2, 0) is 4.12 Å². The minimum Gasteiger partial charge on any atom is -0.447 e. The number of hydrogen-bond acceptors (Lipinski definition) is 3. The van der Waals surface area contributed by atoms with Crippen LogP contribution in [0.2, 0.25) is 6.04 Å². The first-order valence-corrected chi connectivity index (χ1v) is 5.88. The van der Waals surface area contributed by atoms with Crippen molar-refractivity contribution < 1.29 is 8.91 Å². The van der Waals surface area contributed by atoms with Crippen LogP contribution in [0.5, 0.6) is 0 Å². The normalized spacial score (nSPS) is 14.2. The summed E-state index contributed by atoms with van der Waals surface area (Å²) in [7, 11) is -1.01. The monoisotopic (exact) mass is 168 g/mol. The highest BCUT2D eigenvalue weighted by molar-refractivity contribution is 7.80. The molecule has 0 aromatic heterocycles. The second-order valence-electron chi connectivity index (χ2n) is 1.56. The van der Waals surface area contributed by atoms with E-state index in [1.165, 1.54) is 0 Å². The van der Waals surface area contributed by atoms with Crippen LogP contribution in [0.4, 0.5) is 0 Å². The minimum atomic E-state index is -1.69. The third kappa shape index (κ3) is 4.85. The van der Waals surface area contributed by atoms with Gasteiger partial charge in [0.05, 0.1) is 0 Å². The molecule has 0 saturated heterocycles. The van der Waals surface area contributed by atoms with Crippen molar-refractivity contribution in [3.8, 4) is 0 Å². The Balaban J connectivity index is 2.86. The Hall–Kier alpha value is 0.704. The lowest BCUT2D eigenvalue weighted by Crippen LogP contribution is -2.15. The van der Waals surface area contributed by atoms with Crippen molar-refractivity contribution in [2.24, 2.45) is 0 Å². The predicted octanol–water partition coefficient (Wildman–Crippen LogP) is -1.18. The Kier molecular flexibility index (Phi) is 6.35. The molecule has 0 radical (unpaired) electrons.